The number of urea groups is 1. The number of ether oxygens (including phenoxy) is 2. The largest absolute Gasteiger partial charge is 0.457 e. The van der Waals surface area contributed by atoms with E-state index in [1.807, 2.05) is 91.0 Å². The summed E-state index contributed by atoms with van der Waals surface area (Å²) in [6.07, 6.45) is 1.55. The minimum absolute atomic E-state index is 0.0811. The van der Waals surface area contributed by atoms with Gasteiger partial charge in [0.25, 0.3) is 5.91 Å². The van der Waals surface area contributed by atoms with Crippen LogP contribution in [0.4, 0.5) is 22.1 Å². The molecule has 6 rings (SSSR count). The lowest BCUT2D eigenvalue weighted by molar-refractivity contribution is -0.119. The maximum absolute atomic E-state index is 13.4. The second-order valence-corrected chi connectivity index (χ2v) is 9.72. The molecule has 0 aliphatic carbocycles. The maximum Gasteiger partial charge on any atom is 0.324 e. The van der Waals surface area contributed by atoms with E-state index < -0.39 is 6.03 Å². The first-order chi connectivity index (χ1) is 21.6. The zero-order valence-corrected chi connectivity index (χ0v) is 23.7. The Morgan fingerprint density at radius 3 is 2.27 bits per heavy atom. The molecule has 0 atom stereocenters. The normalized spacial score (nSPS) is 10.8. The highest BCUT2D eigenvalue weighted by molar-refractivity contribution is 6.07. The molecule has 0 aliphatic rings. The molecule has 0 aliphatic heterocycles. The highest BCUT2D eigenvalue weighted by atomic mass is 16.5. The third-order valence-corrected chi connectivity index (χ3v) is 6.66. The number of fused-ring (bicyclic) bond motifs is 1. The van der Waals surface area contributed by atoms with Crippen LogP contribution in [0.3, 0.4) is 0 Å². The topological polar surface area (TPSA) is 119 Å². The van der Waals surface area contributed by atoms with Crippen molar-refractivity contribution >= 4 is 40.0 Å². The lowest BCUT2D eigenvalue weighted by Crippen LogP contribution is -2.21. The maximum atomic E-state index is 13.4. The molecule has 10 nitrogen and oxygen atoms in total. The van der Waals surface area contributed by atoms with Crippen molar-refractivity contribution in [3.63, 3.8) is 0 Å². The molecule has 0 saturated heterocycles. The van der Waals surface area contributed by atoms with Gasteiger partial charge in [0.2, 0.25) is 0 Å². The third kappa shape index (κ3) is 6.40. The molecule has 0 fully saturated rings. The SMILES string of the molecule is COCC(=O)Nc1cc(Oc2ccc(NC(=O)Nc3cc(-c4ccccc4)nn3-c3ccccc3)c3ccccc23)ccn1. The number of aromatic nitrogens is 3. The van der Waals surface area contributed by atoms with Gasteiger partial charge in [-0.3, -0.25) is 10.1 Å². The molecule has 6 aromatic rings. The molecule has 4 aromatic carbocycles. The number of rotatable bonds is 9. The van der Waals surface area contributed by atoms with Crippen LogP contribution in [0, 0.1) is 0 Å². The monoisotopic (exact) mass is 584 g/mol. The van der Waals surface area contributed by atoms with E-state index in [0.29, 0.717) is 28.8 Å². The highest BCUT2D eigenvalue weighted by Gasteiger charge is 2.16. The number of nitrogens with one attached hydrogen (secondary N) is 3. The van der Waals surface area contributed by atoms with Crippen molar-refractivity contribution in [2.75, 3.05) is 29.7 Å². The number of methoxy groups -OCH3 is 1. The predicted octanol–water partition coefficient (Wildman–Crippen LogP) is 7.11. The van der Waals surface area contributed by atoms with Gasteiger partial charge in [-0.1, -0.05) is 72.8 Å². The lowest BCUT2D eigenvalue weighted by atomic mass is 10.1. The number of nitrogens with zero attached hydrogens (tertiary/aromatic N) is 3. The quantitative estimate of drug-likeness (QED) is 0.167. The number of carbonyl (C=O) groups excluding carboxylic acids is 2. The number of amides is 3. The van der Waals surface area contributed by atoms with Gasteiger partial charge in [0.15, 0.2) is 0 Å². The van der Waals surface area contributed by atoms with Gasteiger partial charge in [-0.15, -0.1) is 0 Å². The number of benzene rings is 4. The molecule has 44 heavy (non-hydrogen) atoms. The molecule has 0 saturated carbocycles. The van der Waals surface area contributed by atoms with Crippen molar-refractivity contribution in [3.05, 3.63) is 121 Å². The summed E-state index contributed by atoms with van der Waals surface area (Å²) in [5, 5.41) is 14.9. The van der Waals surface area contributed by atoms with Crippen LogP contribution in [0.2, 0.25) is 0 Å². The Kier molecular flexibility index (Phi) is 8.24. The van der Waals surface area contributed by atoms with Gasteiger partial charge in [0, 0.05) is 41.8 Å². The first-order valence-electron chi connectivity index (χ1n) is 13.8. The molecule has 0 radical (unpaired) electrons. The summed E-state index contributed by atoms with van der Waals surface area (Å²) in [6.45, 7) is -0.0811. The predicted molar refractivity (Wildman–Crippen MR) is 170 cm³/mol. The molecule has 2 heterocycles. The second kappa shape index (κ2) is 12.9. The van der Waals surface area contributed by atoms with Gasteiger partial charge in [0.05, 0.1) is 17.1 Å². The van der Waals surface area contributed by atoms with Crippen molar-refractivity contribution < 1.29 is 19.1 Å². The zero-order chi connectivity index (χ0) is 30.3. The molecule has 2 aromatic heterocycles. The molecular weight excluding hydrogens is 556 g/mol. The van der Waals surface area contributed by atoms with Gasteiger partial charge >= 0.3 is 6.03 Å². The first-order valence-corrected chi connectivity index (χ1v) is 13.8. The van der Waals surface area contributed by atoms with E-state index in [9.17, 15) is 9.59 Å². The summed E-state index contributed by atoms with van der Waals surface area (Å²) in [4.78, 5) is 29.4. The van der Waals surface area contributed by atoms with E-state index in [2.05, 4.69) is 20.9 Å². The standard InChI is InChI=1S/C34H28N6O4/c1-43-22-33(41)37-31-20-25(18-19-35-31)44-30-17-16-28(26-14-8-9-15-27(26)30)36-34(42)38-32-21-29(23-10-4-2-5-11-23)39-40(32)24-12-6-3-7-13-24/h2-21H,22H2,1H3,(H,35,37,41)(H2,36,38,42). The van der Waals surface area contributed by atoms with E-state index in [1.165, 1.54) is 7.11 Å². The molecule has 3 N–H and O–H groups in total. The number of hydrogen-bond acceptors (Lipinski definition) is 6. The van der Waals surface area contributed by atoms with Crippen molar-refractivity contribution in [2.24, 2.45) is 0 Å². The Labute approximate surface area is 253 Å². The number of para-hydroxylation sites is 1. The fourth-order valence-corrected chi connectivity index (χ4v) is 4.71. The average Bonchev–Trinajstić information content (AvgIpc) is 3.47. The van der Waals surface area contributed by atoms with Crippen LogP contribution < -0.4 is 20.7 Å². The Hall–Kier alpha value is -6.00. The molecule has 3 amide bonds. The highest BCUT2D eigenvalue weighted by Crippen LogP contribution is 2.35. The van der Waals surface area contributed by atoms with Gasteiger partial charge in [-0.25, -0.2) is 14.5 Å². The van der Waals surface area contributed by atoms with E-state index in [0.717, 1.165) is 27.7 Å². The summed E-state index contributed by atoms with van der Waals surface area (Å²) in [7, 11) is 1.45. The summed E-state index contributed by atoms with van der Waals surface area (Å²) in [5.74, 6) is 1.59. The number of anilines is 3. The summed E-state index contributed by atoms with van der Waals surface area (Å²) in [5.41, 5.74) is 3.08. The zero-order valence-electron chi connectivity index (χ0n) is 23.7. The summed E-state index contributed by atoms with van der Waals surface area (Å²) in [6, 6.07) is 35.3. The van der Waals surface area contributed by atoms with Crippen LogP contribution in [0.5, 0.6) is 11.5 Å². The van der Waals surface area contributed by atoms with E-state index in [4.69, 9.17) is 14.6 Å². The van der Waals surface area contributed by atoms with Crippen LogP contribution in [0.1, 0.15) is 0 Å². The Bertz CT molecular complexity index is 1930. The third-order valence-electron chi connectivity index (χ3n) is 6.66. The molecule has 0 spiro atoms. The fourth-order valence-electron chi connectivity index (χ4n) is 4.71. The molecule has 10 heteroatoms. The number of hydrogen-bond donors (Lipinski definition) is 3. The Balaban J connectivity index is 1.24. The molecular formula is C34H28N6O4. The second-order valence-electron chi connectivity index (χ2n) is 9.72. The fraction of sp³-hybridized carbons (Fsp3) is 0.0588. The van der Waals surface area contributed by atoms with Crippen molar-refractivity contribution in [2.45, 2.75) is 0 Å². The Morgan fingerprint density at radius 1 is 0.773 bits per heavy atom. The minimum atomic E-state index is -0.425. The van der Waals surface area contributed by atoms with E-state index >= 15 is 0 Å². The van der Waals surface area contributed by atoms with Crippen LogP contribution >= 0.6 is 0 Å². The van der Waals surface area contributed by atoms with Crippen LogP contribution in [-0.4, -0.2) is 40.4 Å². The summed E-state index contributed by atoms with van der Waals surface area (Å²) >= 11 is 0. The van der Waals surface area contributed by atoms with Crippen LogP contribution in [-0.2, 0) is 9.53 Å². The molecule has 218 valence electrons. The van der Waals surface area contributed by atoms with Crippen LogP contribution in [0.25, 0.3) is 27.7 Å². The first kappa shape index (κ1) is 28.1. The average molecular weight is 585 g/mol. The van der Waals surface area contributed by atoms with E-state index in [-0.39, 0.29) is 12.5 Å². The summed E-state index contributed by atoms with van der Waals surface area (Å²) < 4.78 is 12.7. The van der Waals surface area contributed by atoms with Crippen LogP contribution in [0.15, 0.2) is 121 Å². The van der Waals surface area contributed by atoms with Crippen molar-refractivity contribution in [1.29, 1.82) is 0 Å². The molecule has 0 unspecified atom stereocenters. The molecule has 0 bridgehead atoms. The van der Waals surface area contributed by atoms with Gasteiger partial charge < -0.3 is 20.1 Å². The lowest BCUT2D eigenvalue weighted by Gasteiger charge is -2.14. The minimum Gasteiger partial charge on any atom is -0.457 e. The van der Waals surface area contributed by atoms with Gasteiger partial charge in [-0.05, 0) is 30.3 Å². The number of pyridine rings is 1. The van der Waals surface area contributed by atoms with Gasteiger partial charge in [-0.2, -0.15) is 5.10 Å². The van der Waals surface area contributed by atoms with E-state index in [1.54, 1.807) is 35.1 Å². The van der Waals surface area contributed by atoms with Crippen molar-refractivity contribution in [1.82, 2.24) is 14.8 Å². The number of carbonyl (C=O) groups is 2. The smallest absolute Gasteiger partial charge is 0.324 e. The van der Waals surface area contributed by atoms with Gasteiger partial charge in [0.1, 0.15) is 29.7 Å². The Morgan fingerprint density at radius 2 is 1.50 bits per heavy atom. The van der Waals surface area contributed by atoms with Crippen molar-refractivity contribution in [3.8, 4) is 28.4 Å².